The predicted molar refractivity (Wildman–Crippen MR) is 121 cm³/mol. The van der Waals surface area contributed by atoms with Gasteiger partial charge in [-0.25, -0.2) is 0 Å². The summed E-state index contributed by atoms with van der Waals surface area (Å²) in [6, 6.07) is 14.2. The number of hydrogen-bond acceptors (Lipinski definition) is 5. The summed E-state index contributed by atoms with van der Waals surface area (Å²) in [6.45, 7) is 2.76. The number of ether oxygens (including phenoxy) is 1. The summed E-state index contributed by atoms with van der Waals surface area (Å²) < 4.78 is 5.10. The second kappa shape index (κ2) is 8.02. The third-order valence-electron chi connectivity index (χ3n) is 6.84. The molecule has 2 aromatic carbocycles. The first-order chi connectivity index (χ1) is 15.5. The first-order valence-corrected chi connectivity index (χ1v) is 11.0. The number of likely N-dealkylation sites (tertiary alicyclic amines) is 1. The van der Waals surface area contributed by atoms with E-state index in [1.807, 2.05) is 72.5 Å². The SMILES string of the molecule is COCCCN1C(=O)[C@@H]2[C@H](C1=O)[C@H]1C=Cc3ccccc3N1[C@H]2C(=O)c1ccc(C)cc1. The van der Waals surface area contributed by atoms with Crippen LogP contribution in [0.3, 0.4) is 0 Å². The quantitative estimate of drug-likeness (QED) is 0.400. The molecule has 3 aliphatic rings. The number of amides is 2. The van der Waals surface area contributed by atoms with Gasteiger partial charge in [0.1, 0.15) is 6.04 Å². The predicted octanol–water partition coefficient (Wildman–Crippen LogP) is 3.10. The Morgan fingerprint density at radius 1 is 1.00 bits per heavy atom. The molecule has 2 aromatic rings. The minimum Gasteiger partial charge on any atom is -0.385 e. The van der Waals surface area contributed by atoms with Crippen molar-refractivity contribution < 1.29 is 19.1 Å². The standard InChI is InChI=1S/C26H26N2O4/c1-16-8-10-18(11-9-16)24(29)23-22-21(25(30)27(26(22)31)14-5-15-32-2)20-13-12-17-6-3-4-7-19(17)28(20)23/h3-4,6-13,20-23H,5,14-15H2,1-2H3/t20-,21-,22-,23-/m1/s1. The summed E-state index contributed by atoms with van der Waals surface area (Å²) in [4.78, 5) is 44.1. The average Bonchev–Trinajstić information content (AvgIpc) is 3.28. The maximum Gasteiger partial charge on any atom is 0.235 e. The second-order valence-electron chi connectivity index (χ2n) is 8.72. The van der Waals surface area contributed by atoms with E-state index in [-0.39, 0.29) is 23.6 Å². The molecule has 0 bridgehead atoms. The van der Waals surface area contributed by atoms with Gasteiger partial charge in [0.05, 0.1) is 17.9 Å². The number of hydrogen-bond donors (Lipinski definition) is 0. The number of nitrogens with zero attached hydrogens (tertiary/aromatic N) is 2. The topological polar surface area (TPSA) is 66.9 Å². The van der Waals surface area contributed by atoms with Crippen molar-refractivity contribution in [3.05, 3.63) is 71.3 Å². The molecule has 0 aromatic heterocycles. The Bertz CT molecular complexity index is 1110. The van der Waals surface area contributed by atoms with Crippen LogP contribution < -0.4 is 4.90 Å². The molecule has 164 valence electrons. The Balaban J connectivity index is 1.58. The van der Waals surface area contributed by atoms with E-state index in [0.717, 1.165) is 16.8 Å². The van der Waals surface area contributed by atoms with E-state index in [0.29, 0.717) is 25.1 Å². The van der Waals surface area contributed by atoms with Gasteiger partial charge in [-0.3, -0.25) is 19.3 Å². The highest BCUT2D eigenvalue weighted by Crippen LogP contribution is 2.49. The molecule has 0 aliphatic carbocycles. The van der Waals surface area contributed by atoms with E-state index in [4.69, 9.17) is 4.74 Å². The Labute approximate surface area is 187 Å². The van der Waals surface area contributed by atoms with Gasteiger partial charge in [-0.05, 0) is 25.0 Å². The number of para-hydroxylation sites is 1. The van der Waals surface area contributed by atoms with Crippen LogP contribution in [0.1, 0.15) is 27.9 Å². The molecule has 0 radical (unpaired) electrons. The Morgan fingerprint density at radius 2 is 1.72 bits per heavy atom. The van der Waals surface area contributed by atoms with Gasteiger partial charge in [-0.15, -0.1) is 0 Å². The maximum absolute atomic E-state index is 13.8. The summed E-state index contributed by atoms with van der Waals surface area (Å²) in [5.41, 5.74) is 3.50. The fourth-order valence-electron chi connectivity index (χ4n) is 5.35. The zero-order chi connectivity index (χ0) is 22.4. The van der Waals surface area contributed by atoms with Crippen LogP contribution in [0.25, 0.3) is 6.08 Å². The monoisotopic (exact) mass is 430 g/mol. The molecule has 0 spiro atoms. The minimum atomic E-state index is -0.720. The number of aryl methyl sites for hydroxylation is 1. The molecular formula is C26H26N2O4. The molecule has 32 heavy (non-hydrogen) atoms. The van der Waals surface area contributed by atoms with Crippen molar-refractivity contribution >= 4 is 29.4 Å². The van der Waals surface area contributed by atoms with E-state index < -0.39 is 17.9 Å². The van der Waals surface area contributed by atoms with Crippen molar-refractivity contribution in [3.63, 3.8) is 0 Å². The van der Waals surface area contributed by atoms with Gasteiger partial charge in [0, 0.05) is 31.5 Å². The van der Waals surface area contributed by atoms with Gasteiger partial charge in [-0.2, -0.15) is 0 Å². The van der Waals surface area contributed by atoms with Crippen molar-refractivity contribution in [2.24, 2.45) is 11.8 Å². The fourth-order valence-corrected chi connectivity index (χ4v) is 5.35. The number of benzene rings is 2. The van der Waals surface area contributed by atoms with Gasteiger partial charge >= 0.3 is 0 Å². The molecule has 2 fully saturated rings. The van der Waals surface area contributed by atoms with Crippen molar-refractivity contribution in [2.75, 3.05) is 25.2 Å². The highest BCUT2D eigenvalue weighted by Gasteiger charge is 2.63. The summed E-state index contributed by atoms with van der Waals surface area (Å²) in [5.74, 6) is -1.81. The van der Waals surface area contributed by atoms with Crippen LogP contribution in [0.15, 0.2) is 54.6 Å². The molecular weight excluding hydrogens is 404 g/mol. The molecule has 4 atom stereocenters. The number of rotatable bonds is 6. The van der Waals surface area contributed by atoms with E-state index in [1.165, 1.54) is 4.90 Å². The molecule has 0 unspecified atom stereocenters. The summed E-state index contributed by atoms with van der Waals surface area (Å²) in [6.07, 6.45) is 4.56. The molecule has 2 amide bonds. The van der Waals surface area contributed by atoms with Crippen molar-refractivity contribution in [2.45, 2.75) is 25.4 Å². The molecule has 6 heteroatoms. The third kappa shape index (κ3) is 3.09. The Kier molecular flexibility index (Phi) is 5.18. The summed E-state index contributed by atoms with van der Waals surface area (Å²) in [5, 5.41) is 0. The molecule has 6 nitrogen and oxygen atoms in total. The maximum atomic E-state index is 13.8. The zero-order valence-corrected chi connectivity index (χ0v) is 18.2. The highest BCUT2D eigenvalue weighted by atomic mass is 16.5. The number of imide groups is 1. The first-order valence-electron chi connectivity index (χ1n) is 11.0. The van der Waals surface area contributed by atoms with Crippen LogP contribution >= 0.6 is 0 Å². The van der Waals surface area contributed by atoms with Crippen LogP contribution in [-0.4, -0.2) is 54.8 Å². The largest absolute Gasteiger partial charge is 0.385 e. The van der Waals surface area contributed by atoms with Crippen LogP contribution in [0, 0.1) is 18.8 Å². The number of methoxy groups -OCH3 is 1. The Hall–Kier alpha value is -3.25. The van der Waals surface area contributed by atoms with Crippen LogP contribution in [-0.2, 0) is 14.3 Å². The van der Waals surface area contributed by atoms with Gasteiger partial charge in [0.15, 0.2) is 5.78 Å². The lowest BCUT2D eigenvalue weighted by Gasteiger charge is -2.36. The number of ketones is 1. The van der Waals surface area contributed by atoms with Crippen molar-refractivity contribution in [1.29, 1.82) is 0 Å². The van der Waals surface area contributed by atoms with Crippen LogP contribution in [0.5, 0.6) is 0 Å². The van der Waals surface area contributed by atoms with Crippen molar-refractivity contribution in [1.82, 2.24) is 4.90 Å². The smallest absolute Gasteiger partial charge is 0.235 e. The van der Waals surface area contributed by atoms with Crippen LogP contribution in [0.2, 0.25) is 0 Å². The van der Waals surface area contributed by atoms with Gasteiger partial charge in [0.25, 0.3) is 0 Å². The number of carbonyl (C=O) groups is 3. The normalized spacial score (nSPS) is 25.7. The molecule has 3 heterocycles. The van der Waals surface area contributed by atoms with E-state index >= 15 is 0 Å². The third-order valence-corrected chi connectivity index (χ3v) is 6.84. The number of carbonyl (C=O) groups excluding carboxylic acids is 3. The second-order valence-corrected chi connectivity index (χ2v) is 8.72. The van der Waals surface area contributed by atoms with E-state index in [1.54, 1.807) is 7.11 Å². The number of Topliss-reactive ketones (excluding diaryl/α,β-unsaturated/α-hetero) is 1. The summed E-state index contributed by atoms with van der Waals surface area (Å²) >= 11 is 0. The van der Waals surface area contributed by atoms with Gasteiger partial charge < -0.3 is 9.64 Å². The molecule has 2 saturated heterocycles. The molecule has 3 aliphatic heterocycles. The lowest BCUT2D eigenvalue weighted by molar-refractivity contribution is -0.140. The van der Waals surface area contributed by atoms with Crippen LogP contribution in [0.4, 0.5) is 5.69 Å². The molecule has 0 N–H and O–H groups in total. The van der Waals surface area contributed by atoms with E-state index in [9.17, 15) is 14.4 Å². The molecule has 0 saturated carbocycles. The van der Waals surface area contributed by atoms with Gasteiger partial charge in [0.2, 0.25) is 11.8 Å². The summed E-state index contributed by atoms with van der Waals surface area (Å²) in [7, 11) is 1.60. The first kappa shape index (κ1) is 20.6. The lowest BCUT2D eigenvalue weighted by atomic mass is 9.86. The zero-order valence-electron chi connectivity index (χ0n) is 18.2. The number of anilines is 1. The molecule has 5 rings (SSSR count). The minimum absolute atomic E-state index is 0.118. The van der Waals surface area contributed by atoms with Crippen molar-refractivity contribution in [3.8, 4) is 0 Å². The lowest BCUT2D eigenvalue weighted by Crippen LogP contribution is -2.48. The fraction of sp³-hybridized carbons (Fsp3) is 0.346. The highest BCUT2D eigenvalue weighted by molar-refractivity contribution is 6.14. The average molecular weight is 431 g/mol. The van der Waals surface area contributed by atoms with Gasteiger partial charge in [-0.1, -0.05) is 60.2 Å². The Morgan fingerprint density at radius 3 is 2.47 bits per heavy atom. The number of fused-ring (bicyclic) bond motifs is 5. The van der Waals surface area contributed by atoms with E-state index in [2.05, 4.69) is 0 Å².